The Balaban J connectivity index is 2.00. The van der Waals surface area contributed by atoms with Crippen LogP contribution in [0.4, 0.5) is 0 Å². The molecule has 1 amide bonds. The van der Waals surface area contributed by atoms with E-state index >= 15 is 0 Å². The van der Waals surface area contributed by atoms with Crippen molar-refractivity contribution in [2.75, 3.05) is 11.9 Å². The Labute approximate surface area is 134 Å². The summed E-state index contributed by atoms with van der Waals surface area (Å²) in [6, 6.07) is 20.5. The summed E-state index contributed by atoms with van der Waals surface area (Å²) in [4.78, 5) is 14.2. The van der Waals surface area contributed by atoms with Gasteiger partial charge in [-0.2, -0.15) is 0 Å². The van der Waals surface area contributed by atoms with Gasteiger partial charge in [-0.3, -0.25) is 4.79 Å². The highest BCUT2D eigenvalue weighted by molar-refractivity contribution is 9.09. The molecule has 0 saturated heterocycles. The summed E-state index contributed by atoms with van der Waals surface area (Å²) in [5, 5.41) is 0.711. The number of halogens is 1. The van der Waals surface area contributed by atoms with Crippen LogP contribution >= 0.6 is 15.9 Å². The van der Waals surface area contributed by atoms with E-state index < -0.39 is 0 Å². The smallest absolute Gasteiger partial charge is 0.223 e. The molecule has 21 heavy (non-hydrogen) atoms. The minimum absolute atomic E-state index is 0.201. The Hall–Kier alpha value is -1.61. The number of amides is 1. The molecule has 0 spiro atoms. The molecule has 0 atom stereocenters. The van der Waals surface area contributed by atoms with E-state index in [1.54, 1.807) is 0 Å². The predicted molar refractivity (Wildman–Crippen MR) is 90.4 cm³/mol. The molecule has 3 heteroatoms. The first-order valence-electron chi connectivity index (χ1n) is 7.21. The van der Waals surface area contributed by atoms with Crippen LogP contribution in [0.1, 0.15) is 17.5 Å². The highest BCUT2D eigenvalue weighted by Crippen LogP contribution is 2.09. The largest absolute Gasteiger partial charge is 0.338 e. The van der Waals surface area contributed by atoms with Crippen molar-refractivity contribution in [2.24, 2.45) is 0 Å². The zero-order valence-electron chi connectivity index (χ0n) is 12.0. The number of hydrogen-bond acceptors (Lipinski definition) is 1. The zero-order chi connectivity index (χ0) is 14.9. The monoisotopic (exact) mass is 345 g/mol. The molecule has 0 radical (unpaired) electrons. The third-order valence-electron chi connectivity index (χ3n) is 3.39. The maximum absolute atomic E-state index is 12.3. The number of rotatable bonds is 7. The van der Waals surface area contributed by atoms with Crippen LogP contribution < -0.4 is 0 Å². The maximum atomic E-state index is 12.3. The van der Waals surface area contributed by atoms with E-state index in [-0.39, 0.29) is 5.91 Å². The third kappa shape index (κ3) is 5.35. The molecule has 0 bridgehead atoms. The van der Waals surface area contributed by atoms with Gasteiger partial charge in [-0.25, -0.2) is 0 Å². The molecule has 0 aliphatic heterocycles. The molecular weight excluding hydrogens is 326 g/mol. The first kappa shape index (κ1) is 15.8. The van der Waals surface area contributed by atoms with Gasteiger partial charge in [-0.05, 0) is 17.5 Å². The number of alkyl halides is 1. The van der Waals surface area contributed by atoms with Gasteiger partial charge in [0, 0.05) is 24.8 Å². The summed E-state index contributed by atoms with van der Waals surface area (Å²) in [5.74, 6) is 0.201. The van der Waals surface area contributed by atoms with Crippen LogP contribution in [-0.2, 0) is 17.8 Å². The third-order valence-corrected chi connectivity index (χ3v) is 3.79. The summed E-state index contributed by atoms with van der Waals surface area (Å²) < 4.78 is 0. The lowest BCUT2D eigenvalue weighted by molar-refractivity contribution is -0.131. The Morgan fingerprint density at radius 3 is 2.05 bits per heavy atom. The minimum atomic E-state index is 0.201. The summed E-state index contributed by atoms with van der Waals surface area (Å²) in [6.07, 6.45) is 1.43. The number of benzene rings is 2. The van der Waals surface area contributed by atoms with Crippen LogP contribution in [0.15, 0.2) is 60.7 Å². The number of carbonyl (C=O) groups excluding carboxylic acids is 1. The molecule has 0 aromatic heterocycles. The molecule has 0 unspecified atom stereocenters. The van der Waals surface area contributed by atoms with E-state index in [4.69, 9.17) is 0 Å². The number of carbonyl (C=O) groups is 1. The standard InChI is InChI=1S/C18H20BrNO/c19-13-11-18(21)20(15-17-9-5-2-6-10-17)14-12-16-7-3-1-4-8-16/h1-10H,11-15H2. The van der Waals surface area contributed by atoms with Gasteiger partial charge in [-0.1, -0.05) is 76.6 Å². The molecule has 2 aromatic carbocycles. The minimum Gasteiger partial charge on any atom is -0.338 e. The first-order valence-corrected chi connectivity index (χ1v) is 8.33. The van der Waals surface area contributed by atoms with Gasteiger partial charge in [0.25, 0.3) is 0 Å². The Morgan fingerprint density at radius 1 is 0.905 bits per heavy atom. The van der Waals surface area contributed by atoms with Crippen LogP contribution in [0, 0.1) is 0 Å². The lowest BCUT2D eigenvalue weighted by Gasteiger charge is -2.23. The molecule has 0 aliphatic carbocycles. The summed E-state index contributed by atoms with van der Waals surface area (Å²) in [5.41, 5.74) is 2.44. The lowest BCUT2D eigenvalue weighted by atomic mass is 10.1. The molecule has 2 aromatic rings. The molecule has 110 valence electrons. The Morgan fingerprint density at radius 2 is 1.48 bits per heavy atom. The van der Waals surface area contributed by atoms with Crippen molar-refractivity contribution >= 4 is 21.8 Å². The Bertz CT molecular complexity index is 542. The van der Waals surface area contributed by atoms with E-state index in [1.165, 1.54) is 11.1 Å². The second-order valence-corrected chi connectivity index (χ2v) is 5.77. The van der Waals surface area contributed by atoms with Gasteiger partial charge in [0.2, 0.25) is 5.91 Å². The summed E-state index contributed by atoms with van der Waals surface area (Å²) in [6.45, 7) is 1.43. The van der Waals surface area contributed by atoms with Crippen molar-refractivity contribution in [3.63, 3.8) is 0 Å². The van der Waals surface area contributed by atoms with E-state index in [0.717, 1.165) is 13.0 Å². The highest BCUT2D eigenvalue weighted by Gasteiger charge is 2.13. The van der Waals surface area contributed by atoms with Crippen LogP contribution in [-0.4, -0.2) is 22.7 Å². The zero-order valence-corrected chi connectivity index (χ0v) is 13.6. The molecule has 2 rings (SSSR count). The van der Waals surface area contributed by atoms with Crippen molar-refractivity contribution in [3.8, 4) is 0 Å². The van der Waals surface area contributed by atoms with Crippen molar-refractivity contribution in [1.29, 1.82) is 0 Å². The summed E-state index contributed by atoms with van der Waals surface area (Å²) in [7, 11) is 0. The van der Waals surface area contributed by atoms with Crippen LogP contribution in [0.3, 0.4) is 0 Å². The molecule has 0 N–H and O–H groups in total. The summed E-state index contributed by atoms with van der Waals surface area (Å²) >= 11 is 3.35. The fraction of sp³-hybridized carbons (Fsp3) is 0.278. The van der Waals surface area contributed by atoms with Gasteiger partial charge < -0.3 is 4.90 Å². The molecule has 2 nitrogen and oxygen atoms in total. The van der Waals surface area contributed by atoms with Gasteiger partial charge >= 0.3 is 0 Å². The fourth-order valence-electron chi connectivity index (χ4n) is 2.24. The number of hydrogen-bond donors (Lipinski definition) is 0. The highest BCUT2D eigenvalue weighted by atomic mass is 79.9. The van der Waals surface area contributed by atoms with E-state index in [1.807, 2.05) is 41.3 Å². The van der Waals surface area contributed by atoms with E-state index in [9.17, 15) is 4.79 Å². The average molecular weight is 346 g/mol. The number of nitrogens with zero attached hydrogens (tertiary/aromatic N) is 1. The molecule has 0 aliphatic rings. The predicted octanol–water partition coefficient (Wildman–Crippen LogP) is 4.04. The quantitative estimate of drug-likeness (QED) is 0.693. The fourth-order valence-corrected chi connectivity index (χ4v) is 2.58. The van der Waals surface area contributed by atoms with Crippen molar-refractivity contribution in [3.05, 3.63) is 71.8 Å². The van der Waals surface area contributed by atoms with Gasteiger partial charge in [0.1, 0.15) is 0 Å². The molecular formula is C18H20BrNO. The lowest BCUT2D eigenvalue weighted by Crippen LogP contribution is -2.32. The molecule has 0 fully saturated rings. The van der Waals surface area contributed by atoms with Gasteiger partial charge in [0.05, 0.1) is 0 Å². The topological polar surface area (TPSA) is 20.3 Å². The second-order valence-electron chi connectivity index (χ2n) is 4.98. The maximum Gasteiger partial charge on any atom is 0.223 e. The molecule has 0 saturated carbocycles. The van der Waals surface area contributed by atoms with Gasteiger partial charge in [-0.15, -0.1) is 0 Å². The molecule has 0 heterocycles. The van der Waals surface area contributed by atoms with E-state index in [0.29, 0.717) is 18.3 Å². The normalized spacial score (nSPS) is 10.3. The first-order chi connectivity index (χ1) is 10.3. The van der Waals surface area contributed by atoms with E-state index in [2.05, 4.69) is 40.2 Å². The Kier molecular flexibility index (Phi) is 6.48. The second kappa shape index (κ2) is 8.63. The average Bonchev–Trinajstić information content (AvgIpc) is 2.53. The van der Waals surface area contributed by atoms with Crippen LogP contribution in [0.2, 0.25) is 0 Å². The van der Waals surface area contributed by atoms with Crippen molar-refractivity contribution in [1.82, 2.24) is 4.90 Å². The van der Waals surface area contributed by atoms with Crippen molar-refractivity contribution in [2.45, 2.75) is 19.4 Å². The van der Waals surface area contributed by atoms with Crippen LogP contribution in [0.5, 0.6) is 0 Å². The SMILES string of the molecule is O=C(CCBr)N(CCc1ccccc1)Cc1ccccc1. The van der Waals surface area contributed by atoms with Crippen molar-refractivity contribution < 1.29 is 4.79 Å². The van der Waals surface area contributed by atoms with Crippen LogP contribution in [0.25, 0.3) is 0 Å². The van der Waals surface area contributed by atoms with Gasteiger partial charge in [0.15, 0.2) is 0 Å².